The predicted molar refractivity (Wildman–Crippen MR) is 85.6 cm³/mol. The van der Waals surface area contributed by atoms with Crippen molar-refractivity contribution in [2.45, 2.75) is 44.0 Å². The fraction of sp³-hybridized carbons (Fsp3) is 0.600. The van der Waals surface area contributed by atoms with Crippen LogP contribution in [0.1, 0.15) is 38.2 Å². The largest absolute Gasteiger partial charge is 0.372 e. The first kappa shape index (κ1) is 15.3. The van der Waals surface area contributed by atoms with E-state index in [-0.39, 0.29) is 10.6 Å². The molecule has 1 aliphatic rings. The normalized spacial score (nSPS) is 22.6. The Morgan fingerprint density at radius 2 is 2.20 bits per heavy atom. The van der Waals surface area contributed by atoms with Gasteiger partial charge < -0.3 is 4.90 Å². The Labute approximate surface area is 128 Å². The number of nitro groups is 1. The molecule has 1 aromatic carbocycles. The molecule has 0 N–H and O–H groups in total. The number of benzene rings is 1. The quantitative estimate of drug-likeness (QED) is 0.460. The van der Waals surface area contributed by atoms with Crippen LogP contribution in [0.15, 0.2) is 18.2 Å². The van der Waals surface area contributed by atoms with E-state index in [0.29, 0.717) is 11.4 Å². The first-order valence-electron chi connectivity index (χ1n) is 7.09. The first-order valence-corrected chi connectivity index (χ1v) is 8.21. The van der Waals surface area contributed by atoms with Gasteiger partial charge in [-0.15, -0.1) is 0 Å². The average molecular weight is 341 g/mol. The molecule has 0 aliphatic heterocycles. The van der Waals surface area contributed by atoms with Gasteiger partial charge in [0, 0.05) is 35.7 Å². The van der Waals surface area contributed by atoms with Crippen LogP contribution in [-0.2, 0) is 5.33 Å². The molecule has 0 spiro atoms. The van der Waals surface area contributed by atoms with Crippen molar-refractivity contribution >= 4 is 27.3 Å². The predicted octanol–water partition coefficient (Wildman–Crippen LogP) is 4.50. The number of halogens is 1. The number of anilines is 1. The maximum Gasteiger partial charge on any atom is 0.273 e. The first-order chi connectivity index (χ1) is 9.52. The van der Waals surface area contributed by atoms with E-state index in [1.165, 1.54) is 25.7 Å². The van der Waals surface area contributed by atoms with Gasteiger partial charge in [0.15, 0.2) is 0 Å². The van der Waals surface area contributed by atoms with Crippen molar-refractivity contribution in [3.63, 3.8) is 0 Å². The Morgan fingerprint density at radius 1 is 1.45 bits per heavy atom. The van der Waals surface area contributed by atoms with Crippen molar-refractivity contribution < 1.29 is 4.92 Å². The lowest BCUT2D eigenvalue weighted by Gasteiger charge is -2.35. The highest BCUT2D eigenvalue weighted by Crippen LogP contribution is 2.32. The highest BCUT2D eigenvalue weighted by molar-refractivity contribution is 9.08. The summed E-state index contributed by atoms with van der Waals surface area (Å²) in [4.78, 5) is 12.9. The van der Waals surface area contributed by atoms with Crippen LogP contribution in [-0.4, -0.2) is 18.0 Å². The Hall–Kier alpha value is -1.10. The molecule has 1 aromatic rings. The number of nitrogens with zero attached hydrogens (tertiary/aromatic N) is 2. The van der Waals surface area contributed by atoms with Crippen LogP contribution in [0.25, 0.3) is 0 Å². The number of hydrogen-bond acceptors (Lipinski definition) is 3. The summed E-state index contributed by atoms with van der Waals surface area (Å²) in [6, 6.07) is 5.97. The third kappa shape index (κ3) is 3.32. The van der Waals surface area contributed by atoms with Crippen molar-refractivity contribution in [2.75, 3.05) is 11.9 Å². The standard InChI is InChI=1S/C15H21BrN2O2/c1-11-4-3-5-13(8-11)17(2)14-6-7-15(18(19)20)12(9-14)10-16/h6-7,9,11,13H,3-5,8,10H2,1-2H3. The molecule has 5 heteroatoms. The molecule has 1 saturated carbocycles. The third-order valence-electron chi connectivity index (χ3n) is 4.27. The summed E-state index contributed by atoms with van der Waals surface area (Å²) in [7, 11) is 2.10. The molecule has 4 nitrogen and oxygen atoms in total. The Kier molecular flexibility index (Phi) is 5.02. The lowest BCUT2D eigenvalue weighted by atomic mass is 9.86. The summed E-state index contributed by atoms with van der Waals surface area (Å²) in [5.41, 5.74) is 2.00. The summed E-state index contributed by atoms with van der Waals surface area (Å²) in [6.07, 6.45) is 5.00. The molecular weight excluding hydrogens is 320 g/mol. The van der Waals surface area contributed by atoms with E-state index in [0.717, 1.165) is 17.2 Å². The van der Waals surface area contributed by atoms with Gasteiger partial charge in [-0.2, -0.15) is 0 Å². The molecule has 0 aromatic heterocycles. The second kappa shape index (κ2) is 6.57. The fourth-order valence-corrected chi connectivity index (χ4v) is 3.49. The fourth-order valence-electron chi connectivity index (χ4n) is 3.04. The lowest BCUT2D eigenvalue weighted by molar-refractivity contribution is -0.385. The van der Waals surface area contributed by atoms with Gasteiger partial charge in [0.25, 0.3) is 5.69 Å². The van der Waals surface area contributed by atoms with Gasteiger partial charge in [-0.25, -0.2) is 0 Å². The van der Waals surface area contributed by atoms with E-state index < -0.39 is 0 Å². The van der Waals surface area contributed by atoms with Crippen molar-refractivity contribution in [3.05, 3.63) is 33.9 Å². The summed E-state index contributed by atoms with van der Waals surface area (Å²) < 4.78 is 0. The summed E-state index contributed by atoms with van der Waals surface area (Å²) in [6.45, 7) is 2.31. The molecule has 1 aliphatic carbocycles. The van der Waals surface area contributed by atoms with Gasteiger partial charge in [-0.3, -0.25) is 10.1 Å². The third-order valence-corrected chi connectivity index (χ3v) is 4.87. The van der Waals surface area contributed by atoms with Gasteiger partial charge in [0.05, 0.1) is 4.92 Å². The molecular formula is C15H21BrN2O2. The molecule has 2 unspecified atom stereocenters. The zero-order valence-electron chi connectivity index (χ0n) is 12.0. The molecule has 1 fully saturated rings. The number of hydrogen-bond donors (Lipinski definition) is 0. The summed E-state index contributed by atoms with van der Waals surface area (Å²) >= 11 is 3.34. The summed E-state index contributed by atoms with van der Waals surface area (Å²) in [5, 5.41) is 11.5. The number of nitro benzene ring substituents is 1. The molecule has 0 radical (unpaired) electrons. The van der Waals surface area contributed by atoms with E-state index in [4.69, 9.17) is 0 Å². The average Bonchev–Trinajstić information content (AvgIpc) is 2.45. The highest BCUT2D eigenvalue weighted by atomic mass is 79.9. The zero-order valence-corrected chi connectivity index (χ0v) is 13.6. The van der Waals surface area contributed by atoms with Crippen LogP contribution in [0, 0.1) is 16.0 Å². The van der Waals surface area contributed by atoms with E-state index >= 15 is 0 Å². The Balaban J connectivity index is 2.21. The zero-order chi connectivity index (χ0) is 14.7. The topological polar surface area (TPSA) is 46.4 Å². The van der Waals surface area contributed by atoms with Gasteiger partial charge in [0.1, 0.15) is 0 Å². The van der Waals surface area contributed by atoms with Gasteiger partial charge in [-0.1, -0.05) is 35.7 Å². The summed E-state index contributed by atoms with van der Waals surface area (Å²) in [5.74, 6) is 0.768. The van der Waals surface area contributed by atoms with Gasteiger partial charge in [0.2, 0.25) is 0 Å². The minimum absolute atomic E-state index is 0.191. The van der Waals surface area contributed by atoms with E-state index in [9.17, 15) is 10.1 Å². The minimum atomic E-state index is -0.316. The molecule has 0 amide bonds. The van der Waals surface area contributed by atoms with Crippen LogP contribution < -0.4 is 4.90 Å². The van der Waals surface area contributed by atoms with Gasteiger partial charge in [-0.05, 0) is 30.9 Å². The van der Waals surface area contributed by atoms with Crippen LogP contribution in [0.5, 0.6) is 0 Å². The SMILES string of the molecule is CC1CCCC(N(C)c2ccc([N+](=O)[O-])c(CBr)c2)C1. The molecule has 0 heterocycles. The molecule has 0 bridgehead atoms. The van der Waals surface area contributed by atoms with Crippen molar-refractivity contribution in [1.29, 1.82) is 0 Å². The van der Waals surface area contributed by atoms with E-state index in [2.05, 4.69) is 34.8 Å². The van der Waals surface area contributed by atoms with Crippen LogP contribution in [0.4, 0.5) is 11.4 Å². The minimum Gasteiger partial charge on any atom is -0.372 e. The van der Waals surface area contributed by atoms with Crippen LogP contribution >= 0.6 is 15.9 Å². The lowest BCUT2D eigenvalue weighted by Crippen LogP contribution is -2.35. The maximum absolute atomic E-state index is 11.0. The van der Waals surface area contributed by atoms with Crippen molar-refractivity contribution in [3.8, 4) is 0 Å². The van der Waals surface area contributed by atoms with Crippen LogP contribution in [0.2, 0.25) is 0 Å². The van der Waals surface area contributed by atoms with E-state index in [1.54, 1.807) is 6.07 Å². The molecule has 0 saturated heterocycles. The number of rotatable bonds is 4. The molecule has 110 valence electrons. The monoisotopic (exact) mass is 340 g/mol. The van der Waals surface area contributed by atoms with Gasteiger partial charge >= 0.3 is 0 Å². The maximum atomic E-state index is 11.0. The van der Waals surface area contributed by atoms with Crippen LogP contribution in [0.3, 0.4) is 0 Å². The second-order valence-corrected chi connectivity index (χ2v) is 6.30. The molecule has 20 heavy (non-hydrogen) atoms. The molecule has 2 atom stereocenters. The Bertz CT molecular complexity index is 493. The second-order valence-electron chi connectivity index (χ2n) is 5.74. The van der Waals surface area contributed by atoms with E-state index in [1.807, 2.05) is 12.1 Å². The van der Waals surface area contributed by atoms with Crippen molar-refractivity contribution in [1.82, 2.24) is 0 Å². The van der Waals surface area contributed by atoms with Crippen molar-refractivity contribution in [2.24, 2.45) is 5.92 Å². The highest BCUT2D eigenvalue weighted by Gasteiger charge is 2.23. The smallest absolute Gasteiger partial charge is 0.273 e. The molecule has 2 rings (SSSR count). The number of alkyl halides is 1. The Morgan fingerprint density at radius 3 is 2.80 bits per heavy atom.